The highest BCUT2D eigenvalue weighted by Crippen LogP contribution is 2.26. The molecular weight excluding hydrogens is 368 g/mol. The van der Waals surface area contributed by atoms with E-state index in [1.54, 1.807) is 12.1 Å². The van der Waals surface area contributed by atoms with Crippen molar-refractivity contribution in [2.45, 2.75) is 70.6 Å². The van der Waals surface area contributed by atoms with Crippen LogP contribution in [0.1, 0.15) is 70.6 Å². The molecule has 2 rings (SSSR count). The molecule has 0 saturated heterocycles. The first kappa shape index (κ1) is 23.0. The van der Waals surface area contributed by atoms with Gasteiger partial charge in [-0.1, -0.05) is 51.5 Å². The molecule has 0 spiro atoms. The summed E-state index contributed by atoms with van der Waals surface area (Å²) in [6.07, 6.45) is 12.9. The van der Waals surface area contributed by atoms with Gasteiger partial charge in [0.15, 0.2) is 0 Å². The van der Waals surface area contributed by atoms with E-state index in [2.05, 4.69) is 6.58 Å². The summed E-state index contributed by atoms with van der Waals surface area (Å²) in [5.41, 5.74) is 0. The van der Waals surface area contributed by atoms with E-state index in [-0.39, 0.29) is 17.9 Å². The molecule has 0 N–H and O–H groups in total. The van der Waals surface area contributed by atoms with Crippen LogP contribution in [0.15, 0.2) is 36.9 Å². The summed E-state index contributed by atoms with van der Waals surface area (Å²) in [7, 11) is 0. The average molecular weight is 403 g/mol. The van der Waals surface area contributed by atoms with E-state index in [9.17, 15) is 9.59 Å². The molecule has 0 radical (unpaired) electrons. The predicted molar refractivity (Wildman–Crippen MR) is 113 cm³/mol. The van der Waals surface area contributed by atoms with Crippen molar-refractivity contribution in [2.24, 2.45) is 5.92 Å². The Balaban J connectivity index is 1.50. The number of unbranched alkanes of at least 4 members (excludes halogenated alkanes) is 5. The zero-order chi connectivity index (χ0) is 20.7. The van der Waals surface area contributed by atoms with Gasteiger partial charge in [0.2, 0.25) is 0 Å². The summed E-state index contributed by atoms with van der Waals surface area (Å²) in [5.74, 6) is 0.995. The monoisotopic (exact) mass is 402 g/mol. The van der Waals surface area contributed by atoms with E-state index in [0.29, 0.717) is 19.0 Å². The third-order valence-electron chi connectivity index (χ3n) is 5.20. The maximum Gasteiger partial charge on any atom is 0.330 e. The van der Waals surface area contributed by atoms with Gasteiger partial charge in [-0.2, -0.15) is 0 Å². The Labute approximate surface area is 174 Å². The lowest BCUT2D eigenvalue weighted by Crippen LogP contribution is -2.22. The Morgan fingerprint density at radius 1 is 0.862 bits per heavy atom. The van der Waals surface area contributed by atoms with Crippen LogP contribution in [0, 0.1) is 5.92 Å². The Morgan fingerprint density at radius 2 is 1.45 bits per heavy atom. The zero-order valence-electron chi connectivity index (χ0n) is 17.4. The Hall–Kier alpha value is -2.30. The molecule has 0 unspecified atom stereocenters. The fourth-order valence-corrected chi connectivity index (χ4v) is 3.47. The normalized spacial score (nSPS) is 14.2. The average Bonchev–Trinajstić information content (AvgIpc) is 2.76. The molecule has 1 aliphatic carbocycles. The molecule has 29 heavy (non-hydrogen) atoms. The number of rotatable bonds is 13. The van der Waals surface area contributed by atoms with Crippen LogP contribution in [0.2, 0.25) is 0 Å². The van der Waals surface area contributed by atoms with E-state index in [4.69, 9.17) is 14.2 Å². The largest absolute Gasteiger partial charge is 0.494 e. The van der Waals surface area contributed by atoms with Gasteiger partial charge in [-0.15, -0.1) is 0 Å². The Kier molecular flexibility index (Phi) is 10.9. The van der Waals surface area contributed by atoms with Crippen molar-refractivity contribution >= 4 is 11.9 Å². The van der Waals surface area contributed by atoms with E-state index in [1.807, 2.05) is 12.1 Å². The lowest BCUT2D eigenvalue weighted by Gasteiger charge is -2.19. The molecule has 160 valence electrons. The number of ether oxygens (including phenoxy) is 3. The van der Waals surface area contributed by atoms with E-state index in [0.717, 1.165) is 70.0 Å². The fourth-order valence-electron chi connectivity index (χ4n) is 3.47. The highest BCUT2D eigenvalue weighted by Gasteiger charge is 2.22. The van der Waals surface area contributed by atoms with Crippen molar-refractivity contribution in [3.05, 3.63) is 36.9 Å². The van der Waals surface area contributed by atoms with Crippen LogP contribution in [-0.2, 0) is 14.3 Å². The molecule has 1 saturated carbocycles. The second-order valence-electron chi connectivity index (χ2n) is 7.57. The van der Waals surface area contributed by atoms with Crippen molar-refractivity contribution in [3.8, 4) is 11.5 Å². The minimum absolute atomic E-state index is 0.0573. The van der Waals surface area contributed by atoms with Gasteiger partial charge in [-0.3, -0.25) is 4.79 Å². The molecular formula is C24H34O5. The Morgan fingerprint density at radius 3 is 2.10 bits per heavy atom. The van der Waals surface area contributed by atoms with Gasteiger partial charge >= 0.3 is 11.9 Å². The van der Waals surface area contributed by atoms with Crippen molar-refractivity contribution in [1.82, 2.24) is 0 Å². The summed E-state index contributed by atoms with van der Waals surface area (Å²) < 4.78 is 16.2. The summed E-state index contributed by atoms with van der Waals surface area (Å²) in [4.78, 5) is 23.1. The van der Waals surface area contributed by atoms with Crippen LogP contribution < -0.4 is 9.47 Å². The number of carbonyl (C=O) groups is 2. The van der Waals surface area contributed by atoms with Crippen molar-refractivity contribution < 1.29 is 23.8 Å². The first-order valence-electron chi connectivity index (χ1n) is 10.9. The van der Waals surface area contributed by atoms with Gasteiger partial charge in [0.05, 0.1) is 19.1 Å². The Bertz CT molecular complexity index is 617. The molecule has 1 aromatic carbocycles. The molecule has 5 heteroatoms. The fraction of sp³-hybridized carbons (Fsp3) is 0.583. The standard InChI is InChI=1S/C24H34O5/c1-2-23(25)28-19-11-6-4-3-5-10-18-27-21-14-16-22(17-15-21)29-24(26)20-12-8-7-9-13-20/h2,14-17,20H,1,3-13,18-19H2. The third-order valence-corrected chi connectivity index (χ3v) is 5.20. The molecule has 0 aromatic heterocycles. The van der Waals surface area contributed by atoms with Crippen molar-refractivity contribution in [1.29, 1.82) is 0 Å². The summed E-state index contributed by atoms with van der Waals surface area (Å²) in [6, 6.07) is 7.31. The van der Waals surface area contributed by atoms with E-state index >= 15 is 0 Å². The molecule has 5 nitrogen and oxygen atoms in total. The first-order chi connectivity index (χ1) is 14.2. The molecule has 0 atom stereocenters. The molecule has 0 amide bonds. The van der Waals surface area contributed by atoms with Crippen LogP contribution in [0.4, 0.5) is 0 Å². The van der Waals surface area contributed by atoms with Gasteiger partial charge in [-0.05, 0) is 49.9 Å². The van der Waals surface area contributed by atoms with E-state index in [1.165, 1.54) is 12.5 Å². The number of esters is 2. The second-order valence-corrected chi connectivity index (χ2v) is 7.57. The van der Waals surface area contributed by atoms with Crippen molar-refractivity contribution in [3.63, 3.8) is 0 Å². The van der Waals surface area contributed by atoms with Crippen LogP contribution in [0.3, 0.4) is 0 Å². The van der Waals surface area contributed by atoms with E-state index < -0.39 is 0 Å². The molecule has 1 fully saturated rings. The number of carbonyl (C=O) groups excluding carboxylic acids is 2. The smallest absolute Gasteiger partial charge is 0.330 e. The maximum absolute atomic E-state index is 12.2. The highest BCUT2D eigenvalue weighted by molar-refractivity contribution is 5.81. The van der Waals surface area contributed by atoms with Crippen molar-refractivity contribution in [2.75, 3.05) is 13.2 Å². The molecule has 1 aromatic rings. The van der Waals surface area contributed by atoms with Gasteiger partial charge in [0, 0.05) is 6.08 Å². The van der Waals surface area contributed by atoms with Crippen LogP contribution in [0.25, 0.3) is 0 Å². The second kappa shape index (κ2) is 13.8. The van der Waals surface area contributed by atoms with Gasteiger partial charge in [0.25, 0.3) is 0 Å². The van der Waals surface area contributed by atoms with Crippen LogP contribution in [0.5, 0.6) is 11.5 Å². The lowest BCUT2D eigenvalue weighted by atomic mass is 9.89. The first-order valence-corrected chi connectivity index (χ1v) is 10.9. The van der Waals surface area contributed by atoms with Crippen LogP contribution in [-0.4, -0.2) is 25.2 Å². The third kappa shape index (κ3) is 9.64. The lowest BCUT2D eigenvalue weighted by molar-refractivity contribution is -0.140. The van der Waals surface area contributed by atoms with Gasteiger partial charge in [0.1, 0.15) is 11.5 Å². The van der Waals surface area contributed by atoms with Crippen LogP contribution >= 0.6 is 0 Å². The van der Waals surface area contributed by atoms with Gasteiger partial charge < -0.3 is 14.2 Å². The minimum atomic E-state index is -0.349. The number of benzene rings is 1. The zero-order valence-corrected chi connectivity index (χ0v) is 17.4. The molecule has 1 aliphatic rings. The highest BCUT2D eigenvalue weighted by atomic mass is 16.5. The summed E-state index contributed by atoms with van der Waals surface area (Å²) >= 11 is 0. The summed E-state index contributed by atoms with van der Waals surface area (Å²) in [6.45, 7) is 4.52. The molecule has 0 heterocycles. The predicted octanol–water partition coefficient (Wildman–Crippen LogP) is 5.62. The minimum Gasteiger partial charge on any atom is -0.494 e. The SMILES string of the molecule is C=CC(=O)OCCCCCCCCOc1ccc(OC(=O)C2CCCCC2)cc1. The summed E-state index contributed by atoms with van der Waals surface area (Å²) in [5, 5.41) is 0. The molecule has 0 aliphatic heterocycles. The number of hydrogen-bond donors (Lipinski definition) is 0. The maximum atomic E-state index is 12.2. The van der Waals surface area contributed by atoms with Gasteiger partial charge in [-0.25, -0.2) is 4.79 Å². The number of hydrogen-bond acceptors (Lipinski definition) is 5. The quantitative estimate of drug-likeness (QED) is 0.185. The molecule has 0 bridgehead atoms. The topological polar surface area (TPSA) is 61.8 Å².